The Bertz CT molecular complexity index is 734. The summed E-state index contributed by atoms with van der Waals surface area (Å²) in [7, 11) is 0. The minimum Gasteiger partial charge on any atom is -0.444 e. The van der Waals surface area contributed by atoms with Crippen LogP contribution in [0.3, 0.4) is 0 Å². The molecule has 3 rings (SSSR count). The van der Waals surface area contributed by atoms with Gasteiger partial charge in [0.2, 0.25) is 5.13 Å². The number of benzene rings is 1. The highest BCUT2D eigenvalue weighted by atomic mass is 32.1. The van der Waals surface area contributed by atoms with Gasteiger partial charge in [-0.25, -0.2) is 9.18 Å². The highest BCUT2D eigenvalue weighted by Crippen LogP contribution is 2.25. The van der Waals surface area contributed by atoms with Crippen molar-refractivity contribution in [1.29, 1.82) is 0 Å². The van der Waals surface area contributed by atoms with Gasteiger partial charge < -0.3 is 14.5 Å². The molecule has 1 saturated heterocycles. The van der Waals surface area contributed by atoms with Gasteiger partial charge in [-0.1, -0.05) is 0 Å². The molecule has 0 bridgehead atoms. The van der Waals surface area contributed by atoms with Gasteiger partial charge in [0.15, 0.2) is 5.82 Å². The molecular formula is C17H21FN4O2S. The van der Waals surface area contributed by atoms with Crippen LogP contribution in [-0.2, 0) is 4.74 Å². The van der Waals surface area contributed by atoms with Crippen molar-refractivity contribution >= 4 is 22.8 Å². The number of amides is 1. The molecule has 1 aromatic carbocycles. The predicted molar refractivity (Wildman–Crippen MR) is 95.3 cm³/mol. The monoisotopic (exact) mass is 364 g/mol. The number of anilines is 1. The number of aromatic nitrogens is 2. The fourth-order valence-corrected chi connectivity index (χ4v) is 3.21. The Balaban J connectivity index is 1.60. The molecule has 0 N–H and O–H groups in total. The number of carbonyl (C=O) groups excluding carboxylic acids is 1. The molecule has 0 atom stereocenters. The minimum atomic E-state index is -0.489. The Kier molecular flexibility index (Phi) is 4.89. The number of ether oxygens (including phenoxy) is 1. The summed E-state index contributed by atoms with van der Waals surface area (Å²) in [5, 5.41) is 0.808. The molecule has 134 valence electrons. The van der Waals surface area contributed by atoms with E-state index in [0.29, 0.717) is 32.0 Å². The van der Waals surface area contributed by atoms with Gasteiger partial charge in [-0.2, -0.15) is 9.36 Å². The van der Waals surface area contributed by atoms with Gasteiger partial charge >= 0.3 is 6.09 Å². The number of halogens is 1. The Hall–Kier alpha value is -2.22. The van der Waals surface area contributed by atoms with Crippen LogP contribution in [0.2, 0.25) is 0 Å². The first kappa shape index (κ1) is 17.6. The Morgan fingerprint density at radius 2 is 1.80 bits per heavy atom. The maximum atomic E-state index is 13.0. The average molecular weight is 364 g/mol. The molecule has 1 aliphatic rings. The largest absolute Gasteiger partial charge is 0.444 e. The van der Waals surface area contributed by atoms with Crippen LogP contribution in [0.5, 0.6) is 0 Å². The fraction of sp³-hybridized carbons (Fsp3) is 0.471. The number of piperazine rings is 1. The molecule has 0 saturated carbocycles. The second kappa shape index (κ2) is 6.95. The molecule has 1 amide bonds. The molecule has 0 unspecified atom stereocenters. The molecule has 1 fully saturated rings. The third-order valence-corrected chi connectivity index (χ3v) is 4.50. The van der Waals surface area contributed by atoms with Gasteiger partial charge in [-0.3, -0.25) is 0 Å². The van der Waals surface area contributed by atoms with Crippen LogP contribution >= 0.6 is 11.5 Å². The molecule has 0 radical (unpaired) electrons. The second-order valence-electron chi connectivity index (χ2n) is 6.86. The summed E-state index contributed by atoms with van der Waals surface area (Å²) >= 11 is 1.31. The molecule has 8 heteroatoms. The summed E-state index contributed by atoms with van der Waals surface area (Å²) in [4.78, 5) is 20.5. The number of hydrogen-bond donors (Lipinski definition) is 0. The quantitative estimate of drug-likeness (QED) is 0.817. The summed E-state index contributed by atoms with van der Waals surface area (Å²) in [6.45, 7) is 8.10. The maximum Gasteiger partial charge on any atom is 0.410 e. The van der Waals surface area contributed by atoms with Gasteiger partial charge in [0.1, 0.15) is 11.4 Å². The molecule has 2 heterocycles. The molecule has 1 aromatic heterocycles. The molecule has 1 aliphatic heterocycles. The zero-order valence-corrected chi connectivity index (χ0v) is 15.3. The summed E-state index contributed by atoms with van der Waals surface area (Å²) in [6, 6.07) is 6.13. The van der Waals surface area contributed by atoms with E-state index >= 15 is 0 Å². The maximum absolute atomic E-state index is 13.0. The molecule has 0 aliphatic carbocycles. The fourth-order valence-electron chi connectivity index (χ4n) is 2.47. The van der Waals surface area contributed by atoms with Crippen LogP contribution < -0.4 is 4.90 Å². The van der Waals surface area contributed by atoms with Crippen LogP contribution in [0, 0.1) is 5.82 Å². The lowest BCUT2D eigenvalue weighted by Gasteiger charge is -2.35. The number of rotatable bonds is 2. The highest BCUT2D eigenvalue weighted by Gasteiger charge is 2.27. The van der Waals surface area contributed by atoms with E-state index in [4.69, 9.17) is 4.74 Å². The molecular weight excluding hydrogens is 343 g/mol. The first-order valence-electron chi connectivity index (χ1n) is 8.14. The standard InChI is InChI=1S/C17H21FN4O2S/c1-17(2,3)24-16(23)22-10-8-21(9-11-22)15-19-14(20-25-15)12-4-6-13(18)7-5-12/h4-7H,8-11H2,1-3H3. The Labute approximate surface area is 150 Å². The normalized spacial score (nSPS) is 15.4. The van der Waals surface area contributed by atoms with Crippen molar-refractivity contribution in [2.24, 2.45) is 0 Å². The van der Waals surface area contributed by atoms with Gasteiger partial charge in [-0.15, -0.1) is 0 Å². The van der Waals surface area contributed by atoms with Gasteiger partial charge in [0, 0.05) is 43.3 Å². The second-order valence-corrected chi connectivity index (χ2v) is 7.59. The zero-order chi connectivity index (χ0) is 18.0. The highest BCUT2D eigenvalue weighted by molar-refractivity contribution is 7.09. The third-order valence-electron chi connectivity index (χ3n) is 3.72. The Morgan fingerprint density at radius 3 is 2.40 bits per heavy atom. The van der Waals surface area contributed by atoms with E-state index in [1.165, 1.54) is 23.7 Å². The van der Waals surface area contributed by atoms with E-state index in [1.807, 2.05) is 20.8 Å². The van der Waals surface area contributed by atoms with E-state index < -0.39 is 5.60 Å². The van der Waals surface area contributed by atoms with Crippen LogP contribution in [0.25, 0.3) is 11.4 Å². The van der Waals surface area contributed by atoms with Crippen molar-refractivity contribution in [2.45, 2.75) is 26.4 Å². The minimum absolute atomic E-state index is 0.280. The van der Waals surface area contributed by atoms with E-state index in [2.05, 4.69) is 14.3 Å². The summed E-state index contributed by atoms with van der Waals surface area (Å²) in [5.41, 5.74) is 0.300. The van der Waals surface area contributed by atoms with E-state index in [0.717, 1.165) is 10.7 Å². The van der Waals surface area contributed by atoms with Crippen LogP contribution in [0.1, 0.15) is 20.8 Å². The van der Waals surface area contributed by atoms with Crippen molar-refractivity contribution in [2.75, 3.05) is 31.1 Å². The number of nitrogens with zero attached hydrogens (tertiary/aromatic N) is 4. The molecule has 25 heavy (non-hydrogen) atoms. The van der Waals surface area contributed by atoms with Gasteiger partial charge in [0.05, 0.1) is 0 Å². The summed E-state index contributed by atoms with van der Waals surface area (Å²) < 4.78 is 22.8. The zero-order valence-electron chi connectivity index (χ0n) is 14.5. The number of hydrogen-bond acceptors (Lipinski definition) is 6. The first-order valence-corrected chi connectivity index (χ1v) is 8.92. The summed E-state index contributed by atoms with van der Waals surface area (Å²) in [6.07, 6.45) is -0.281. The lowest BCUT2D eigenvalue weighted by atomic mass is 10.2. The van der Waals surface area contributed by atoms with Crippen molar-refractivity contribution < 1.29 is 13.9 Å². The van der Waals surface area contributed by atoms with E-state index in [-0.39, 0.29) is 11.9 Å². The first-order chi connectivity index (χ1) is 11.8. The summed E-state index contributed by atoms with van der Waals surface area (Å²) in [5.74, 6) is 0.312. The van der Waals surface area contributed by atoms with Crippen LogP contribution in [0.4, 0.5) is 14.3 Å². The van der Waals surface area contributed by atoms with E-state index in [1.54, 1.807) is 17.0 Å². The van der Waals surface area contributed by atoms with E-state index in [9.17, 15) is 9.18 Å². The molecule has 6 nitrogen and oxygen atoms in total. The smallest absolute Gasteiger partial charge is 0.410 e. The lowest BCUT2D eigenvalue weighted by Crippen LogP contribution is -2.50. The number of carbonyl (C=O) groups is 1. The lowest BCUT2D eigenvalue weighted by molar-refractivity contribution is 0.0240. The van der Waals surface area contributed by atoms with Gasteiger partial charge in [-0.05, 0) is 45.0 Å². The van der Waals surface area contributed by atoms with Gasteiger partial charge in [0.25, 0.3) is 0 Å². The van der Waals surface area contributed by atoms with Crippen molar-refractivity contribution in [3.63, 3.8) is 0 Å². The SMILES string of the molecule is CC(C)(C)OC(=O)N1CCN(c2nc(-c3ccc(F)cc3)ns2)CC1. The van der Waals surface area contributed by atoms with Crippen molar-refractivity contribution in [3.05, 3.63) is 30.1 Å². The predicted octanol–water partition coefficient (Wildman–Crippen LogP) is 3.40. The third kappa shape index (κ3) is 4.45. The van der Waals surface area contributed by atoms with Crippen LogP contribution in [-0.4, -0.2) is 52.1 Å². The van der Waals surface area contributed by atoms with Crippen molar-refractivity contribution in [1.82, 2.24) is 14.3 Å². The molecule has 0 spiro atoms. The Morgan fingerprint density at radius 1 is 1.16 bits per heavy atom. The topological polar surface area (TPSA) is 58.6 Å². The molecule has 2 aromatic rings. The average Bonchev–Trinajstić information content (AvgIpc) is 3.04. The van der Waals surface area contributed by atoms with Crippen molar-refractivity contribution in [3.8, 4) is 11.4 Å². The van der Waals surface area contributed by atoms with Crippen LogP contribution in [0.15, 0.2) is 24.3 Å².